The first-order valence-corrected chi connectivity index (χ1v) is 6.16. The Morgan fingerprint density at radius 2 is 1.83 bits per heavy atom. The van der Waals surface area contributed by atoms with Gasteiger partial charge in [0.15, 0.2) is 0 Å². The topological polar surface area (TPSA) is 24.4 Å². The average Bonchev–Trinajstić information content (AvgIpc) is 2.37. The van der Waals surface area contributed by atoms with Gasteiger partial charge in [0.05, 0.1) is 11.4 Å². The van der Waals surface area contributed by atoms with Crippen molar-refractivity contribution < 1.29 is 0 Å². The lowest BCUT2D eigenvalue weighted by atomic mass is 10.1. The molecule has 92 valence electrons. The molecule has 0 saturated carbocycles. The predicted molar refractivity (Wildman–Crippen MR) is 78.5 cm³/mol. The van der Waals surface area contributed by atoms with Gasteiger partial charge in [0.25, 0.3) is 0 Å². The molecule has 0 aliphatic heterocycles. The molecule has 0 saturated heterocycles. The number of rotatable bonds is 3. The van der Waals surface area contributed by atoms with Crippen LogP contribution in [0.3, 0.4) is 0 Å². The molecule has 2 rings (SSSR count). The van der Waals surface area contributed by atoms with Crippen molar-refractivity contribution in [3.05, 3.63) is 64.7 Å². The summed E-state index contributed by atoms with van der Waals surface area (Å²) in [7, 11) is 0. The van der Waals surface area contributed by atoms with Crippen LogP contribution in [0.15, 0.2) is 53.6 Å². The van der Waals surface area contributed by atoms with Gasteiger partial charge < -0.3 is 0 Å². The van der Waals surface area contributed by atoms with Gasteiger partial charge in [0.1, 0.15) is 0 Å². The van der Waals surface area contributed by atoms with E-state index in [9.17, 15) is 0 Å². The molecule has 0 atom stereocenters. The summed E-state index contributed by atoms with van der Waals surface area (Å²) in [6.07, 6.45) is 0. The van der Waals surface area contributed by atoms with E-state index in [0.717, 1.165) is 17.0 Å². The second-order valence-electron chi connectivity index (χ2n) is 4.19. The molecule has 0 amide bonds. The van der Waals surface area contributed by atoms with Crippen LogP contribution >= 0.6 is 11.6 Å². The number of hydrazone groups is 1. The van der Waals surface area contributed by atoms with Crippen LogP contribution in [-0.2, 0) is 0 Å². The van der Waals surface area contributed by atoms with E-state index in [1.54, 1.807) is 0 Å². The van der Waals surface area contributed by atoms with E-state index >= 15 is 0 Å². The van der Waals surface area contributed by atoms with Crippen molar-refractivity contribution in [2.24, 2.45) is 5.10 Å². The fourth-order valence-corrected chi connectivity index (χ4v) is 1.76. The molecule has 0 bridgehead atoms. The third kappa shape index (κ3) is 3.34. The number of hydrogen-bond acceptors (Lipinski definition) is 2. The summed E-state index contributed by atoms with van der Waals surface area (Å²) < 4.78 is 0. The second-order valence-corrected chi connectivity index (χ2v) is 4.62. The minimum absolute atomic E-state index is 0.697. The number of anilines is 1. The molecule has 0 aliphatic rings. The van der Waals surface area contributed by atoms with E-state index in [4.69, 9.17) is 11.6 Å². The average molecular weight is 259 g/mol. The Labute approximate surface area is 112 Å². The molecule has 0 aromatic heterocycles. The molecule has 0 heterocycles. The number of benzene rings is 2. The van der Waals surface area contributed by atoms with Crippen molar-refractivity contribution in [1.29, 1.82) is 0 Å². The van der Waals surface area contributed by atoms with E-state index in [1.807, 2.05) is 31.2 Å². The van der Waals surface area contributed by atoms with Crippen molar-refractivity contribution in [3.63, 3.8) is 0 Å². The second kappa shape index (κ2) is 5.69. The predicted octanol–water partition coefficient (Wildman–Crippen LogP) is 4.48. The summed E-state index contributed by atoms with van der Waals surface area (Å²) in [5, 5.41) is 5.04. The van der Waals surface area contributed by atoms with Gasteiger partial charge in [-0.15, -0.1) is 0 Å². The highest BCUT2D eigenvalue weighted by molar-refractivity contribution is 6.30. The summed E-state index contributed by atoms with van der Waals surface area (Å²) in [6, 6.07) is 15.8. The highest BCUT2D eigenvalue weighted by Crippen LogP contribution is 2.15. The molecular weight excluding hydrogens is 244 g/mol. The zero-order chi connectivity index (χ0) is 13.0. The third-order valence-electron chi connectivity index (χ3n) is 2.65. The van der Waals surface area contributed by atoms with E-state index in [-0.39, 0.29) is 0 Å². The quantitative estimate of drug-likeness (QED) is 0.637. The molecule has 2 aromatic rings. The van der Waals surface area contributed by atoms with Crippen LogP contribution in [0.25, 0.3) is 0 Å². The van der Waals surface area contributed by atoms with E-state index in [2.05, 4.69) is 41.7 Å². The molecule has 2 aromatic carbocycles. The first-order valence-electron chi connectivity index (χ1n) is 5.78. The summed E-state index contributed by atoms with van der Waals surface area (Å²) in [5.41, 5.74) is 7.18. The highest BCUT2D eigenvalue weighted by Gasteiger charge is 1.97. The van der Waals surface area contributed by atoms with E-state index in [1.165, 1.54) is 5.56 Å². The number of hydrogen-bond donors (Lipinski definition) is 1. The van der Waals surface area contributed by atoms with Crippen LogP contribution in [0.4, 0.5) is 5.69 Å². The van der Waals surface area contributed by atoms with Crippen LogP contribution < -0.4 is 5.43 Å². The number of nitrogens with zero attached hydrogens (tertiary/aromatic N) is 1. The molecular formula is C15H15ClN2. The normalized spacial score (nSPS) is 11.4. The molecule has 0 unspecified atom stereocenters. The van der Waals surface area contributed by atoms with Gasteiger partial charge in [-0.3, -0.25) is 5.43 Å². The first kappa shape index (κ1) is 12.7. The van der Waals surface area contributed by atoms with Crippen molar-refractivity contribution in [2.75, 3.05) is 5.43 Å². The van der Waals surface area contributed by atoms with Gasteiger partial charge in [-0.25, -0.2) is 0 Å². The molecule has 0 aliphatic carbocycles. The van der Waals surface area contributed by atoms with Crippen molar-refractivity contribution in [3.8, 4) is 0 Å². The molecule has 1 N–H and O–H groups in total. The molecule has 0 fully saturated rings. The Balaban J connectivity index is 2.11. The lowest BCUT2D eigenvalue weighted by molar-refractivity contribution is 1.32. The zero-order valence-electron chi connectivity index (χ0n) is 10.4. The Morgan fingerprint density at radius 1 is 1.11 bits per heavy atom. The number of halogens is 1. The largest absolute Gasteiger partial charge is 0.278 e. The Hall–Kier alpha value is -1.80. The van der Waals surface area contributed by atoms with E-state index in [0.29, 0.717) is 5.02 Å². The van der Waals surface area contributed by atoms with Gasteiger partial charge in [-0.1, -0.05) is 47.5 Å². The monoisotopic (exact) mass is 258 g/mol. The first-order chi connectivity index (χ1) is 8.65. The molecule has 3 heteroatoms. The Morgan fingerprint density at radius 3 is 2.50 bits per heavy atom. The van der Waals surface area contributed by atoms with Gasteiger partial charge in [-0.05, 0) is 37.6 Å². The van der Waals surface area contributed by atoms with Crippen molar-refractivity contribution >= 4 is 23.0 Å². The van der Waals surface area contributed by atoms with Crippen molar-refractivity contribution in [2.45, 2.75) is 13.8 Å². The van der Waals surface area contributed by atoms with E-state index < -0.39 is 0 Å². The summed E-state index contributed by atoms with van der Waals surface area (Å²) in [6.45, 7) is 4.04. The lowest BCUT2D eigenvalue weighted by Gasteiger charge is -2.04. The zero-order valence-corrected chi connectivity index (χ0v) is 11.2. The molecule has 0 radical (unpaired) electrons. The van der Waals surface area contributed by atoms with Crippen LogP contribution in [0.5, 0.6) is 0 Å². The number of aryl methyl sites for hydroxylation is 1. The van der Waals surface area contributed by atoms with Gasteiger partial charge in [0.2, 0.25) is 0 Å². The highest BCUT2D eigenvalue weighted by atomic mass is 35.5. The van der Waals surface area contributed by atoms with Crippen LogP contribution in [0.2, 0.25) is 5.02 Å². The minimum Gasteiger partial charge on any atom is -0.278 e. The standard InChI is InChI=1S/C15H15ClN2/c1-11-6-8-13(9-7-11)12(2)17-18-15-5-3-4-14(16)10-15/h3-10,18H,1-2H3/b17-12-. The maximum Gasteiger partial charge on any atom is 0.0648 e. The molecule has 2 nitrogen and oxygen atoms in total. The fraction of sp³-hybridized carbons (Fsp3) is 0.133. The summed E-state index contributed by atoms with van der Waals surface area (Å²) >= 11 is 5.91. The van der Waals surface area contributed by atoms with Crippen LogP contribution in [0, 0.1) is 6.92 Å². The smallest absolute Gasteiger partial charge is 0.0648 e. The Kier molecular flexibility index (Phi) is 4.00. The fourth-order valence-electron chi connectivity index (χ4n) is 1.57. The summed E-state index contributed by atoms with van der Waals surface area (Å²) in [4.78, 5) is 0. The Bertz CT molecular complexity index is 559. The minimum atomic E-state index is 0.697. The van der Waals surface area contributed by atoms with Gasteiger partial charge in [-0.2, -0.15) is 5.10 Å². The van der Waals surface area contributed by atoms with Gasteiger partial charge in [0, 0.05) is 5.02 Å². The summed E-state index contributed by atoms with van der Waals surface area (Å²) in [5.74, 6) is 0. The molecule has 0 spiro atoms. The number of nitrogens with one attached hydrogen (secondary N) is 1. The van der Waals surface area contributed by atoms with Crippen molar-refractivity contribution in [1.82, 2.24) is 0 Å². The maximum absolute atomic E-state index is 5.91. The van der Waals surface area contributed by atoms with Crippen LogP contribution in [-0.4, -0.2) is 5.71 Å². The SMILES string of the molecule is C/C(=N/Nc1cccc(Cl)c1)c1ccc(C)cc1. The van der Waals surface area contributed by atoms with Gasteiger partial charge >= 0.3 is 0 Å². The maximum atomic E-state index is 5.91. The lowest BCUT2D eigenvalue weighted by Crippen LogP contribution is -1.99. The third-order valence-corrected chi connectivity index (χ3v) is 2.88. The molecule has 18 heavy (non-hydrogen) atoms. The van der Waals surface area contributed by atoms with Crippen LogP contribution in [0.1, 0.15) is 18.1 Å².